The smallest absolute Gasteiger partial charge is 0.257 e. The summed E-state index contributed by atoms with van der Waals surface area (Å²) in [6.07, 6.45) is 3.35. The number of rotatable bonds is 2. The van der Waals surface area contributed by atoms with Gasteiger partial charge < -0.3 is 10.3 Å². The van der Waals surface area contributed by atoms with Crippen molar-refractivity contribution in [2.75, 3.05) is 5.32 Å². The lowest BCUT2D eigenvalue weighted by Gasteiger charge is -2.06. The molecule has 0 spiro atoms. The first-order valence-corrected chi connectivity index (χ1v) is 6.52. The molecular weight excluding hydrogens is 274 g/mol. The molecule has 0 bridgehead atoms. The van der Waals surface area contributed by atoms with E-state index in [1.807, 2.05) is 31.2 Å². The van der Waals surface area contributed by atoms with Crippen LogP contribution in [0.25, 0.3) is 10.9 Å². The number of halogens is 1. The van der Waals surface area contributed by atoms with E-state index in [0.717, 1.165) is 16.5 Å². The van der Waals surface area contributed by atoms with E-state index >= 15 is 0 Å². The van der Waals surface area contributed by atoms with Crippen molar-refractivity contribution in [2.24, 2.45) is 0 Å². The second-order valence-corrected chi connectivity index (χ2v) is 4.91. The number of hydrogen-bond acceptors (Lipinski definition) is 2. The average molecular weight is 286 g/mol. The Morgan fingerprint density at radius 1 is 1.35 bits per heavy atom. The number of hydrogen-bond donors (Lipinski definition) is 2. The number of aryl methyl sites for hydroxylation is 1. The molecular formula is C15H12ClN3O. The Balaban J connectivity index is 1.95. The third kappa shape index (κ3) is 2.26. The number of fused-ring (bicyclic) bond motifs is 1. The highest BCUT2D eigenvalue weighted by Crippen LogP contribution is 2.23. The van der Waals surface area contributed by atoms with Gasteiger partial charge in [-0.2, -0.15) is 0 Å². The number of nitrogens with zero attached hydrogens (tertiary/aromatic N) is 1. The van der Waals surface area contributed by atoms with Crippen LogP contribution in [-0.4, -0.2) is 15.9 Å². The first-order chi connectivity index (χ1) is 9.65. The molecule has 0 aliphatic heterocycles. The molecule has 0 saturated heterocycles. The molecule has 2 N–H and O–H groups in total. The number of anilines is 1. The van der Waals surface area contributed by atoms with E-state index in [0.29, 0.717) is 11.3 Å². The Bertz CT molecular complexity index is 795. The number of aromatic nitrogens is 2. The third-order valence-corrected chi connectivity index (χ3v) is 3.36. The highest BCUT2D eigenvalue weighted by molar-refractivity contribution is 6.32. The molecule has 3 aromatic rings. The number of amides is 1. The fraction of sp³-hybridized carbons (Fsp3) is 0.0667. The summed E-state index contributed by atoms with van der Waals surface area (Å²) in [4.78, 5) is 19.4. The summed E-state index contributed by atoms with van der Waals surface area (Å²) in [5.41, 5.74) is 2.95. The lowest BCUT2D eigenvalue weighted by atomic mass is 10.1. The van der Waals surface area contributed by atoms with E-state index in [1.54, 1.807) is 18.5 Å². The molecule has 1 aromatic carbocycles. The minimum absolute atomic E-state index is 0.211. The molecule has 0 radical (unpaired) electrons. The first-order valence-electron chi connectivity index (χ1n) is 6.15. The van der Waals surface area contributed by atoms with Gasteiger partial charge in [0.15, 0.2) is 5.15 Å². The molecule has 0 aliphatic carbocycles. The van der Waals surface area contributed by atoms with Crippen LogP contribution >= 0.6 is 11.6 Å². The normalized spacial score (nSPS) is 10.7. The van der Waals surface area contributed by atoms with Gasteiger partial charge in [0, 0.05) is 23.3 Å². The van der Waals surface area contributed by atoms with Crippen molar-refractivity contribution in [3.05, 3.63) is 59.0 Å². The van der Waals surface area contributed by atoms with Crippen molar-refractivity contribution < 1.29 is 4.79 Å². The quantitative estimate of drug-likeness (QED) is 0.704. The zero-order valence-corrected chi connectivity index (χ0v) is 11.5. The van der Waals surface area contributed by atoms with E-state index in [1.165, 1.54) is 0 Å². The van der Waals surface area contributed by atoms with Crippen molar-refractivity contribution in [3.63, 3.8) is 0 Å². The minimum Gasteiger partial charge on any atom is -0.360 e. The summed E-state index contributed by atoms with van der Waals surface area (Å²) in [6, 6.07) is 9.43. The molecule has 20 heavy (non-hydrogen) atoms. The molecule has 4 nitrogen and oxygen atoms in total. The number of carbonyl (C=O) groups is 1. The molecule has 0 fully saturated rings. The topological polar surface area (TPSA) is 57.8 Å². The first kappa shape index (κ1) is 12.7. The summed E-state index contributed by atoms with van der Waals surface area (Å²) < 4.78 is 0. The third-order valence-electron chi connectivity index (χ3n) is 3.06. The van der Waals surface area contributed by atoms with E-state index in [4.69, 9.17) is 11.6 Å². The van der Waals surface area contributed by atoms with Gasteiger partial charge in [0.2, 0.25) is 0 Å². The van der Waals surface area contributed by atoms with Crippen molar-refractivity contribution in [1.82, 2.24) is 9.97 Å². The standard InChI is InChI=1S/C15H12ClN3O/c1-9-6-13(14(16)18-7-9)19-15(20)11-8-17-12-5-3-2-4-10(11)12/h2-8,17H,1H3,(H,19,20). The summed E-state index contributed by atoms with van der Waals surface area (Å²) in [6.45, 7) is 1.89. The summed E-state index contributed by atoms with van der Waals surface area (Å²) in [7, 11) is 0. The maximum atomic E-state index is 12.3. The van der Waals surface area contributed by atoms with Crippen LogP contribution in [0.1, 0.15) is 15.9 Å². The Morgan fingerprint density at radius 2 is 2.15 bits per heavy atom. The molecule has 0 aliphatic rings. The largest absolute Gasteiger partial charge is 0.360 e. The van der Waals surface area contributed by atoms with Gasteiger partial charge in [0.25, 0.3) is 5.91 Å². The number of nitrogens with one attached hydrogen (secondary N) is 2. The fourth-order valence-electron chi connectivity index (χ4n) is 2.09. The van der Waals surface area contributed by atoms with Gasteiger partial charge in [-0.1, -0.05) is 29.8 Å². The highest BCUT2D eigenvalue weighted by Gasteiger charge is 2.13. The molecule has 1 amide bonds. The van der Waals surface area contributed by atoms with Crippen molar-refractivity contribution in [3.8, 4) is 0 Å². The summed E-state index contributed by atoms with van der Waals surface area (Å²) in [5, 5.41) is 3.95. The number of para-hydroxylation sites is 1. The van der Waals surface area contributed by atoms with E-state index in [2.05, 4.69) is 15.3 Å². The Kier molecular flexibility index (Phi) is 3.16. The zero-order valence-electron chi connectivity index (χ0n) is 10.8. The maximum absolute atomic E-state index is 12.3. The van der Waals surface area contributed by atoms with Gasteiger partial charge in [0.05, 0.1) is 11.3 Å². The van der Waals surface area contributed by atoms with Gasteiger partial charge in [-0.05, 0) is 24.6 Å². The Labute approximate surface area is 120 Å². The SMILES string of the molecule is Cc1cnc(Cl)c(NC(=O)c2c[nH]c3ccccc23)c1. The fourth-order valence-corrected chi connectivity index (χ4v) is 2.24. The van der Waals surface area contributed by atoms with E-state index < -0.39 is 0 Å². The van der Waals surface area contributed by atoms with Crippen LogP contribution in [0.3, 0.4) is 0 Å². The second kappa shape index (κ2) is 4.98. The molecule has 3 rings (SSSR count). The molecule has 0 saturated carbocycles. The number of pyridine rings is 1. The Hall–Kier alpha value is -2.33. The van der Waals surface area contributed by atoms with Crippen LogP contribution in [0.15, 0.2) is 42.7 Å². The summed E-state index contributed by atoms with van der Waals surface area (Å²) in [5.74, 6) is -0.211. The maximum Gasteiger partial charge on any atom is 0.257 e. The molecule has 2 heterocycles. The molecule has 5 heteroatoms. The monoisotopic (exact) mass is 285 g/mol. The second-order valence-electron chi connectivity index (χ2n) is 4.55. The van der Waals surface area contributed by atoms with Crippen LogP contribution < -0.4 is 5.32 Å². The number of benzene rings is 1. The van der Waals surface area contributed by atoms with E-state index in [9.17, 15) is 4.79 Å². The minimum atomic E-state index is -0.211. The van der Waals surface area contributed by atoms with Gasteiger partial charge in [-0.25, -0.2) is 4.98 Å². The number of aromatic amines is 1. The van der Waals surface area contributed by atoms with Crippen molar-refractivity contribution >= 4 is 34.1 Å². The lowest BCUT2D eigenvalue weighted by Crippen LogP contribution is -2.12. The van der Waals surface area contributed by atoms with Crippen molar-refractivity contribution in [2.45, 2.75) is 6.92 Å². The van der Waals surface area contributed by atoms with Crippen LogP contribution in [0.5, 0.6) is 0 Å². The average Bonchev–Trinajstić information content (AvgIpc) is 2.87. The molecule has 0 unspecified atom stereocenters. The van der Waals surface area contributed by atoms with Gasteiger partial charge in [0.1, 0.15) is 0 Å². The van der Waals surface area contributed by atoms with Gasteiger partial charge in [-0.15, -0.1) is 0 Å². The summed E-state index contributed by atoms with van der Waals surface area (Å²) >= 11 is 5.99. The van der Waals surface area contributed by atoms with Crippen molar-refractivity contribution in [1.29, 1.82) is 0 Å². The predicted octanol–water partition coefficient (Wildman–Crippen LogP) is 3.78. The molecule has 100 valence electrons. The highest BCUT2D eigenvalue weighted by atomic mass is 35.5. The molecule has 0 atom stereocenters. The molecule has 2 aromatic heterocycles. The predicted molar refractivity (Wildman–Crippen MR) is 80.2 cm³/mol. The van der Waals surface area contributed by atoms with E-state index in [-0.39, 0.29) is 11.1 Å². The number of carbonyl (C=O) groups excluding carboxylic acids is 1. The van der Waals surface area contributed by atoms with Crippen LogP contribution in [0, 0.1) is 6.92 Å². The Morgan fingerprint density at radius 3 is 3.00 bits per heavy atom. The number of H-pyrrole nitrogens is 1. The van der Waals surface area contributed by atoms with Crippen LogP contribution in [0.4, 0.5) is 5.69 Å². The lowest BCUT2D eigenvalue weighted by molar-refractivity contribution is 0.102. The van der Waals surface area contributed by atoms with Crippen LogP contribution in [-0.2, 0) is 0 Å². The van der Waals surface area contributed by atoms with Crippen LogP contribution in [0.2, 0.25) is 5.15 Å². The van der Waals surface area contributed by atoms with Gasteiger partial charge in [-0.3, -0.25) is 4.79 Å². The zero-order chi connectivity index (χ0) is 14.1. The van der Waals surface area contributed by atoms with Gasteiger partial charge >= 0.3 is 0 Å².